The third kappa shape index (κ3) is 2.87. The van der Waals surface area contributed by atoms with Crippen LogP contribution in [0.5, 0.6) is 5.75 Å². The van der Waals surface area contributed by atoms with E-state index in [0.717, 1.165) is 16.0 Å². The number of benzene rings is 2. The lowest BCUT2D eigenvalue weighted by atomic mass is 9.93. The average molecular weight is 364 g/mol. The lowest BCUT2D eigenvalue weighted by molar-refractivity contribution is -0.132. The summed E-state index contributed by atoms with van der Waals surface area (Å²) in [4.78, 5) is 43.1. The SMILES string of the molecule is CC(=O)Oc1ccc(N2C(=O)[C@H]3C(c4ccc(C)cc4)=NO[C@@H]3C2=O)cc1. The van der Waals surface area contributed by atoms with E-state index in [4.69, 9.17) is 9.57 Å². The molecule has 2 amide bonds. The van der Waals surface area contributed by atoms with Gasteiger partial charge in [0.05, 0.1) is 5.69 Å². The maximum atomic E-state index is 13.0. The minimum Gasteiger partial charge on any atom is -0.427 e. The zero-order chi connectivity index (χ0) is 19.1. The number of imide groups is 1. The van der Waals surface area contributed by atoms with Gasteiger partial charge < -0.3 is 9.57 Å². The second-order valence-electron chi connectivity index (χ2n) is 6.45. The minimum atomic E-state index is -0.957. The Bertz CT molecular complexity index is 963. The highest BCUT2D eigenvalue weighted by atomic mass is 16.6. The Hall–Kier alpha value is -3.48. The molecule has 0 unspecified atom stereocenters. The number of carbonyl (C=O) groups excluding carboxylic acids is 3. The summed E-state index contributed by atoms with van der Waals surface area (Å²) < 4.78 is 4.97. The third-order valence-corrected chi connectivity index (χ3v) is 4.52. The summed E-state index contributed by atoms with van der Waals surface area (Å²) in [6.07, 6.45) is -0.957. The number of oxime groups is 1. The van der Waals surface area contributed by atoms with E-state index in [-0.39, 0.29) is 5.91 Å². The van der Waals surface area contributed by atoms with Crippen LogP contribution in [-0.2, 0) is 19.2 Å². The molecule has 7 heteroatoms. The van der Waals surface area contributed by atoms with Crippen LogP contribution in [0, 0.1) is 12.8 Å². The summed E-state index contributed by atoms with van der Waals surface area (Å²) in [5, 5.41) is 3.99. The molecule has 2 atom stereocenters. The molecule has 136 valence electrons. The molecule has 0 N–H and O–H groups in total. The zero-order valence-corrected chi connectivity index (χ0v) is 14.7. The van der Waals surface area contributed by atoms with Gasteiger partial charge >= 0.3 is 5.97 Å². The monoisotopic (exact) mass is 364 g/mol. The zero-order valence-electron chi connectivity index (χ0n) is 14.7. The van der Waals surface area contributed by atoms with Gasteiger partial charge in [-0.2, -0.15) is 0 Å². The maximum Gasteiger partial charge on any atom is 0.308 e. The van der Waals surface area contributed by atoms with Crippen molar-refractivity contribution in [1.82, 2.24) is 0 Å². The first-order valence-electron chi connectivity index (χ1n) is 8.43. The van der Waals surface area contributed by atoms with Crippen molar-refractivity contribution in [2.75, 3.05) is 4.90 Å². The Morgan fingerprint density at radius 2 is 1.70 bits per heavy atom. The van der Waals surface area contributed by atoms with Crippen molar-refractivity contribution in [2.24, 2.45) is 11.1 Å². The van der Waals surface area contributed by atoms with Crippen molar-refractivity contribution in [2.45, 2.75) is 20.0 Å². The lowest BCUT2D eigenvalue weighted by Crippen LogP contribution is -2.33. The first-order chi connectivity index (χ1) is 13.0. The molecule has 1 fully saturated rings. The number of fused-ring (bicyclic) bond motifs is 1. The van der Waals surface area contributed by atoms with E-state index >= 15 is 0 Å². The van der Waals surface area contributed by atoms with Crippen LogP contribution in [0.25, 0.3) is 0 Å². The molecule has 2 aliphatic heterocycles. The number of nitrogens with zero attached hydrogens (tertiary/aromatic N) is 2. The number of amides is 2. The number of hydrogen-bond acceptors (Lipinski definition) is 6. The number of hydrogen-bond donors (Lipinski definition) is 0. The highest BCUT2D eigenvalue weighted by Gasteiger charge is 2.56. The molecule has 0 aliphatic carbocycles. The fourth-order valence-corrected chi connectivity index (χ4v) is 3.22. The quantitative estimate of drug-likeness (QED) is 0.474. The summed E-state index contributed by atoms with van der Waals surface area (Å²) in [5.74, 6) is -1.73. The molecule has 2 aromatic carbocycles. The largest absolute Gasteiger partial charge is 0.427 e. The van der Waals surface area contributed by atoms with Crippen LogP contribution in [-0.4, -0.2) is 29.6 Å². The van der Waals surface area contributed by atoms with Gasteiger partial charge in [0.15, 0.2) is 0 Å². The van der Waals surface area contributed by atoms with Crippen molar-refractivity contribution in [1.29, 1.82) is 0 Å². The van der Waals surface area contributed by atoms with E-state index in [0.29, 0.717) is 17.1 Å². The van der Waals surface area contributed by atoms with Crippen molar-refractivity contribution in [3.8, 4) is 5.75 Å². The second kappa shape index (κ2) is 6.35. The summed E-state index contributed by atoms with van der Waals surface area (Å²) in [5.41, 5.74) is 2.68. The Labute approximate surface area is 155 Å². The molecule has 0 spiro atoms. The van der Waals surface area contributed by atoms with Crippen LogP contribution >= 0.6 is 0 Å². The van der Waals surface area contributed by atoms with Gasteiger partial charge in [-0.15, -0.1) is 0 Å². The molecule has 27 heavy (non-hydrogen) atoms. The second-order valence-corrected chi connectivity index (χ2v) is 6.45. The molecule has 2 heterocycles. The van der Waals surface area contributed by atoms with Gasteiger partial charge in [-0.3, -0.25) is 14.4 Å². The molecular weight excluding hydrogens is 348 g/mol. The molecule has 0 aromatic heterocycles. The predicted octanol–water partition coefficient (Wildman–Crippen LogP) is 2.21. The number of aryl methyl sites for hydroxylation is 1. The van der Waals surface area contributed by atoms with Crippen molar-refractivity contribution >= 4 is 29.2 Å². The highest BCUT2D eigenvalue weighted by Crippen LogP contribution is 2.35. The maximum absolute atomic E-state index is 13.0. The standard InChI is InChI=1S/C20H16N2O5/c1-11-3-5-13(6-4-11)17-16-18(27-21-17)20(25)22(19(16)24)14-7-9-15(10-8-14)26-12(2)23/h3-10,16,18H,1-2H3/t16-,18-/m0/s1. The van der Waals surface area contributed by atoms with Gasteiger partial charge in [0.25, 0.3) is 5.91 Å². The Balaban J connectivity index is 1.62. The van der Waals surface area contributed by atoms with Crippen LogP contribution in [0.4, 0.5) is 5.69 Å². The fraction of sp³-hybridized carbons (Fsp3) is 0.200. The van der Waals surface area contributed by atoms with E-state index in [1.807, 2.05) is 31.2 Å². The normalized spacial score (nSPS) is 21.0. The topological polar surface area (TPSA) is 85.3 Å². The van der Waals surface area contributed by atoms with Gasteiger partial charge in [0, 0.05) is 12.5 Å². The fourth-order valence-electron chi connectivity index (χ4n) is 3.22. The number of rotatable bonds is 3. The van der Waals surface area contributed by atoms with E-state index in [2.05, 4.69) is 5.16 Å². The summed E-state index contributed by atoms with van der Waals surface area (Å²) in [6.45, 7) is 3.26. The molecular formula is C20H16N2O5. The molecule has 2 aromatic rings. The first-order valence-corrected chi connectivity index (χ1v) is 8.43. The van der Waals surface area contributed by atoms with Gasteiger partial charge in [-0.05, 0) is 31.2 Å². The van der Waals surface area contributed by atoms with Gasteiger partial charge in [0.1, 0.15) is 17.4 Å². The van der Waals surface area contributed by atoms with Gasteiger partial charge in [-0.1, -0.05) is 35.0 Å². The summed E-state index contributed by atoms with van der Waals surface area (Å²) >= 11 is 0. The van der Waals surface area contributed by atoms with Gasteiger partial charge in [0.2, 0.25) is 12.0 Å². The Morgan fingerprint density at radius 1 is 1.04 bits per heavy atom. The predicted molar refractivity (Wildman–Crippen MR) is 96.3 cm³/mol. The van der Waals surface area contributed by atoms with Gasteiger partial charge in [-0.25, -0.2) is 4.90 Å². The number of ether oxygens (including phenoxy) is 1. The Kier molecular flexibility index (Phi) is 3.99. The van der Waals surface area contributed by atoms with Crippen LogP contribution < -0.4 is 9.64 Å². The molecule has 4 rings (SSSR count). The average Bonchev–Trinajstić information content (AvgIpc) is 3.17. The molecule has 0 radical (unpaired) electrons. The Morgan fingerprint density at radius 3 is 2.33 bits per heavy atom. The van der Waals surface area contributed by atoms with Crippen LogP contribution in [0.1, 0.15) is 18.1 Å². The number of esters is 1. The van der Waals surface area contributed by atoms with Crippen LogP contribution in [0.2, 0.25) is 0 Å². The summed E-state index contributed by atoms with van der Waals surface area (Å²) in [6, 6.07) is 13.7. The number of anilines is 1. The minimum absolute atomic E-state index is 0.337. The van der Waals surface area contributed by atoms with Crippen LogP contribution in [0.15, 0.2) is 53.7 Å². The van der Waals surface area contributed by atoms with Crippen molar-refractivity contribution in [3.63, 3.8) is 0 Å². The van der Waals surface area contributed by atoms with E-state index in [1.54, 1.807) is 12.1 Å². The number of carbonyl (C=O) groups is 3. The highest BCUT2D eigenvalue weighted by molar-refractivity contribution is 6.32. The molecule has 0 bridgehead atoms. The van der Waals surface area contributed by atoms with Crippen molar-refractivity contribution < 1.29 is 24.0 Å². The first kappa shape index (κ1) is 17.0. The molecule has 2 aliphatic rings. The van der Waals surface area contributed by atoms with E-state index in [1.165, 1.54) is 19.1 Å². The van der Waals surface area contributed by atoms with E-state index < -0.39 is 23.9 Å². The van der Waals surface area contributed by atoms with Crippen LogP contribution in [0.3, 0.4) is 0 Å². The molecule has 7 nitrogen and oxygen atoms in total. The lowest BCUT2D eigenvalue weighted by Gasteiger charge is -2.15. The molecule has 0 saturated carbocycles. The smallest absolute Gasteiger partial charge is 0.308 e. The third-order valence-electron chi connectivity index (χ3n) is 4.52. The molecule has 1 saturated heterocycles. The summed E-state index contributed by atoms with van der Waals surface area (Å²) in [7, 11) is 0. The van der Waals surface area contributed by atoms with Crippen molar-refractivity contribution in [3.05, 3.63) is 59.7 Å². The van der Waals surface area contributed by atoms with E-state index in [9.17, 15) is 14.4 Å².